The number of methoxy groups -OCH3 is 1. The first-order valence-electron chi connectivity index (χ1n) is 7.89. The highest BCUT2D eigenvalue weighted by Crippen LogP contribution is 2.37. The number of hydrogen-bond donors (Lipinski definition) is 0. The fourth-order valence-corrected chi connectivity index (χ4v) is 3.54. The van der Waals surface area contributed by atoms with Crippen LogP contribution in [0.25, 0.3) is 0 Å². The van der Waals surface area contributed by atoms with E-state index in [0.717, 1.165) is 13.1 Å². The van der Waals surface area contributed by atoms with Crippen LogP contribution in [0.1, 0.15) is 11.7 Å². The molecule has 2 aromatic rings. The Balaban J connectivity index is 1.62. The SMILES string of the molecule is COCc1noc(CN2CCN(c3c(Cl)cc([N+](=O)[O-])cc3Cl)CC2)n1. The van der Waals surface area contributed by atoms with Gasteiger partial charge in [0, 0.05) is 45.4 Å². The average molecular weight is 402 g/mol. The molecule has 11 heteroatoms. The monoisotopic (exact) mass is 401 g/mol. The van der Waals surface area contributed by atoms with Gasteiger partial charge in [-0.25, -0.2) is 0 Å². The number of nitrogens with zero attached hydrogens (tertiary/aromatic N) is 5. The summed E-state index contributed by atoms with van der Waals surface area (Å²) in [7, 11) is 1.57. The van der Waals surface area contributed by atoms with E-state index in [9.17, 15) is 10.1 Å². The van der Waals surface area contributed by atoms with E-state index >= 15 is 0 Å². The van der Waals surface area contributed by atoms with E-state index in [1.807, 2.05) is 4.90 Å². The molecule has 0 amide bonds. The van der Waals surface area contributed by atoms with Gasteiger partial charge in [-0.15, -0.1) is 0 Å². The second-order valence-corrected chi connectivity index (χ2v) is 6.63. The van der Waals surface area contributed by atoms with Gasteiger partial charge in [0.05, 0.1) is 27.2 Å². The number of anilines is 1. The molecule has 0 radical (unpaired) electrons. The van der Waals surface area contributed by atoms with E-state index in [4.69, 9.17) is 32.5 Å². The molecule has 9 nitrogen and oxygen atoms in total. The summed E-state index contributed by atoms with van der Waals surface area (Å²) in [4.78, 5) is 18.8. The van der Waals surface area contributed by atoms with Crippen molar-refractivity contribution in [2.24, 2.45) is 0 Å². The van der Waals surface area contributed by atoms with Crippen molar-refractivity contribution in [2.75, 3.05) is 38.2 Å². The van der Waals surface area contributed by atoms with Crippen molar-refractivity contribution in [1.29, 1.82) is 0 Å². The number of benzene rings is 1. The maximum atomic E-state index is 10.9. The minimum atomic E-state index is -0.512. The zero-order valence-corrected chi connectivity index (χ0v) is 15.5. The van der Waals surface area contributed by atoms with Crippen LogP contribution >= 0.6 is 23.2 Å². The van der Waals surface area contributed by atoms with Crippen molar-refractivity contribution in [2.45, 2.75) is 13.2 Å². The maximum absolute atomic E-state index is 10.9. The molecule has 1 aromatic carbocycles. The number of piperazine rings is 1. The molecular weight excluding hydrogens is 385 g/mol. The van der Waals surface area contributed by atoms with Gasteiger partial charge >= 0.3 is 0 Å². The predicted molar refractivity (Wildman–Crippen MR) is 95.6 cm³/mol. The third kappa shape index (κ3) is 4.24. The van der Waals surface area contributed by atoms with Gasteiger partial charge in [0.2, 0.25) is 5.89 Å². The lowest BCUT2D eigenvalue weighted by molar-refractivity contribution is -0.384. The smallest absolute Gasteiger partial charge is 0.272 e. The molecule has 2 heterocycles. The Bertz CT molecular complexity index is 769. The highest BCUT2D eigenvalue weighted by atomic mass is 35.5. The van der Waals surface area contributed by atoms with E-state index in [1.54, 1.807) is 7.11 Å². The van der Waals surface area contributed by atoms with Crippen LogP contribution < -0.4 is 4.90 Å². The number of rotatable bonds is 6. The van der Waals surface area contributed by atoms with Gasteiger partial charge in [-0.2, -0.15) is 4.98 Å². The third-order valence-corrected chi connectivity index (χ3v) is 4.62. The summed E-state index contributed by atoms with van der Waals surface area (Å²) < 4.78 is 10.2. The Morgan fingerprint density at radius 2 is 1.92 bits per heavy atom. The van der Waals surface area contributed by atoms with E-state index in [2.05, 4.69) is 15.0 Å². The van der Waals surface area contributed by atoms with Crippen molar-refractivity contribution in [3.63, 3.8) is 0 Å². The number of non-ortho nitro benzene ring substituents is 1. The summed E-state index contributed by atoms with van der Waals surface area (Å²) in [6, 6.07) is 2.65. The fourth-order valence-electron chi connectivity index (χ4n) is 2.82. The molecule has 1 aromatic heterocycles. The van der Waals surface area contributed by atoms with E-state index in [0.29, 0.717) is 43.6 Å². The number of hydrogen-bond acceptors (Lipinski definition) is 8. The molecule has 0 saturated carbocycles. The quantitative estimate of drug-likeness (QED) is 0.538. The number of ether oxygens (including phenoxy) is 1. The largest absolute Gasteiger partial charge is 0.377 e. The van der Waals surface area contributed by atoms with Gasteiger partial charge < -0.3 is 14.2 Å². The van der Waals surface area contributed by atoms with Crippen molar-refractivity contribution in [3.8, 4) is 0 Å². The average Bonchev–Trinajstić information content (AvgIpc) is 3.03. The van der Waals surface area contributed by atoms with E-state index in [1.165, 1.54) is 12.1 Å². The molecule has 1 aliphatic heterocycles. The van der Waals surface area contributed by atoms with Crippen molar-refractivity contribution in [3.05, 3.63) is 44.0 Å². The minimum absolute atomic E-state index is 0.120. The third-order valence-electron chi connectivity index (χ3n) is 4.04. The van der Waals surface area contributed by atoms with Gasteiger partial charge in [-0.3, -0.25) is 15.0 Å². The summed E-state index contributed by atoms with van der Waals surface area (Å²) in [5.41, 5.74) is 0.504. The van der Waals surface area contributed by atoms with E-state index < -0.39 is 4.92 Å². The lowest BCUT2D eigenvalue weighted by Crippen LogP contribution is -2.46. The summed E-state index contributed by atoms with van der Waals surface area (Å²) in [5, 5.41) is 15.3. The topological polar surface area (TPSA) is 97.8 Å². The first kappa shape index (κ1) is 18.8. The molecule has 1 saturated heterocycles. The number of nitro groups is 1. The number of aromatic nitrogens is 2. The Hall–Kier alpha value is -1.94. The highest BCUT2D eigenvalue weighted by Gasteiger charge is 2.24. The predicted octanol–water partition coefficient (Wildman–Crippen LogP) is 2.75. The van der Waals surface area contributed by atoms with Crippen LogP contribution in [-0.2, 0) is 17.9 Å². The molecule has 0 N–H and O–H groups in total. The summed E-state index contributed by atoms with van der Waals surface area (Å²) in [5.74, 6) is 1.06. The molecule has 0 atom stereocenters. The van der Waals surface area contributed by atoms with Gasteiger partial charge in [0.1, 0.15) is 6.61 Å². The van der Waals surface area contributed by atoms with Gasteiger partial charge in [0.15, 0.2) is 5.82 Å². The summed E-state index contributed by atoms with van der Waals surface area (Å²) in [6.45, 7) is 3.70. The van der Waals surface area contributed by atoms with Crippen LogP contribution in [0.5, 0.6) is 0 Å². The number of nitro benzene ring substituents is 1. The van der Waals surface area contributed by atoms with Crippen molar-refractivity contribution >= 4 is 34.6 Å². The Morgan fingerprint density at radius 1 is 1.27 bits per heavy atom. The second kappa shape index (κ2) is 8.17. The molecule has 0 spiro atoms. The first-order chi connectivity index (χ1) is 12.5. The zero-order valence-electron chi connectivity index (χ0n) is 14.0. The Labute approximate surface area is 159 Å². The lowest BCUT2D eigenvalue weighted by atomic mass is 10.2. The lowest BCUT2D eigenvalue weighted by Gasteiger charge is -2.36. The molecule has 0 aliphatic carbocycles. The molecular formula is C15H17Cl2N5O4. The van der Waals surface area contributed by atoms with Crippen LogP contribution in [0.4, 0.5) is 11.4 Å². The molecule has 3 rings (SSSR count). The van der Waals surface area contributed by atoms with Crippen LogP contribution in [0, 0.1) is 10.1 Å². The molecule has 26 heavy (non-hydrogen) atoms. The molecule has 0 unspecified atom stereocenters. The normalized spacial score (nSPS) is 15.4. The summed E-state index contributed by atoms with van der Waals surface area (Å²) in [6.07, 6.45) is 0. The van der Waals surface area contributed by atoms with Gasteiger partial charge in [-0.1, -0.05) is 28.4 Å². The maximum Gasteiger partial charge on any atom is 0.272 e. The Kier molecular flexibility index (Phi) is 5.92. The fraction of sp³-hybridized carbons (Fsp3) is 0.467. The highest BCUT2D eigenvalue weighted by molar-refractivity contribution is 6.39. The van der Waals surface area contributed by atoms with E-state index in [-0.39, 0.29) is 15.7 Å². The van der Waals surface area contributed by atoms with Gasteiger partial charge in [-0.05, 0) is 0 Å². The molecule has 0 bridgehead atoms. The van der Waals surface area contributed by atoms with Crippen molar-refractivity contribution < 1.29 is 14.2 Å². The van der Waals surface area contributed by atoms with Crippen molar-refractivity contribution in [1.82, 2.24) is 15.0 Å². The summed E-state index contributed by atoms with van der Waals surface area (Å²) >= 11 is 12.4. The Morgan fingerprint density at radius 3 is 2.50 bits per heavy atom. The number of halogens is 2. The second-order valence-electron chi connectivity index (χ2n) is 5.82. The standard InChI is InChI=1S/C15H17Cl2N5O4/c1-25-9-13-18-14(26-19-13)8-20-2-4-21(5-3-20)15-11(16)6-10(22(23)24)7-12(15)17/h6-7H,2-5,8-9H2,1H3. The first-order valence-corrected chi connectivity index (χ1v) is 8.64. The van der Waals surface area contributed by atoms with Crippen LogP contribution in [0.15, 0.2) is 16.7 Å². The van der Waals surface area contributed by atoms with Crippen LogP contribution in [0.2, 0.25) is 10.0 Å². The van der Waals surface area contributed by atoms with Crippen LogP contribution in [0.3, 0.4) is 0 Å². The molecule has 1 aliphatic rings. The molecule has 1 fully saturated rings. The van der Waals surface area contributed by atoms with Gasteiger partial charge in [0.25, 0.3) is 5.69 Å². The minimum Gasteiger partial charge on any atom is -0.377 e. The molecule has 140 valence electrons. The zero-order chi connectivity index (χ0) is 18.7. The van der Waals surface area contributed by atoms with Crippen LogP contribution in [-0.4, -0.2) is 53.3 Å².